The molecule has 0 saturated heterocycles. The Bertz CT molecular complexity index is 554. The molecule has 25 heavy (non-hydrogen) atoms. The summed E-state index contributed by atoms with van der Waals surface area (Å²) in [5, 5.41) is 5.89. The van der Waals surface area contributed by atoms with E-state index < -0.39 is 17.6 Å². The minimum Gasteiger partial charge on any atom is -0.444 e. The van der Waals surface area contributed by atoms with Gasteiger partial charge in [0, 0.05) is 18.7 Å². The SMILES string of the molecule is CC.CC(C)(C)OC(=O)NCCCCNc1ccc(C(N)=O)cc1N. The van der Waals surface area contributed by atoms with Crippen LogP contribution in [-0.2, 0) is 4.74 Å². The smallest absolute Gasteiger partial charge is 0.407 e. The van der Waals surface area contributed by atoms with E-state index in [1.165, 1.54) is 0 Å². The average Bonchev–Trinajstić information content (AvgIpc) is 2.52. The van der Waals surface area contributed by atoms with Crippen LogP contribution in [0.5, 0.6) is 0 Å². The molecule has 0 radical (unpaired) electrons. The molecule has 1 aromatic carbocycles. The number of nitrogens with one attached hydrogen (secondary N) is 2. The molecule has 0 spiro atoms. The third-order valence-corrected chi connectivity index (χ3v) is 2.92. The Hall–Kier alpha value is -2.44. The van der Waals surface area contributed by atoms with Gasteiger partial charge in [-0.1, -0.05) is 13.8 Å². The molecule has 1 rings (SSSR count). The van der Waals surface area contributed by atoms with Crippen molar-refractivity contribution in [1.82, 2.24) is 5.32 Å². The van der Waals surface area contributed by atoms with Crippen LogP contribution in [0, 0.1) is 0 Å². The number of nitrogens with two attached hydrogens (primary N) is 2. The third kappa shape index (κ3) is 10.1. The zero-order valence-corrected chi connectivity index (χ0v) is 15.9. The van der Waals surface area contributed by atoms with E-state index in [1.54, 1.807) is 18.2 Å². The molecule has 0 atom stereocenters. The first-order valence-electron chi connectivity index (χ1n) is 8.59. The molecule has 0 saturated carbocycles. The average molecular weight is 352 g/mol. The molecular weight excluding hydrogens is 320 g/mol. The quantitative estimate of drug-likeness (QED) is 0.444. The number of alkyl carbamates (subject to hydrolysis) is 1. The van der Waals surface area contributed by atoms with Crippen LogP contribution in [-0.4, -0.2) is 30.7 Å². The van der Waals surface area contributed by atoms with Crippen LogP contribution in [0.4, 0.5) is 16.2 Å². The fourth-order valence-electron chi connectivity index (χ4n) is 1.85. The highest BCUT2D eigenvalue weighted by atomic mass is 16.6. The van der Waals surface area contributed by atoms with Gasteiger partial charge in [-0.3, -0.25) is 4.79 Å². The van der Waals surface area contributed by atoms with Gasteiger partial charge in [0.1, 0.15) is 5.60 Å². The molecule has 0 heterocycles. The maximum absolute atomic E-state index is 11.4. The fourth-order valence-corrected chi connectivity index (χ4v) is 1.85. The summed E-state index contributed by atoms with van der Waals surface area (Å²) in [6.07, 6.45) is 1.26. The molecule has 0 bridgehead atoms. The van der Waals surface area contributed by atoms with E-state index in [2.05, 4.69) is 10.6 Å². The number of carbonyl (C=O) groups is 2. The zero-order chi connectivity index (χ0) is 19.5. The predicted octanol–water partition coefficient (Wildman–Crippen LogP) is 3.11. The summed E-state index contributed by atoms with van der Waals surface area (Å²) >= 11 is 0. The first-order valence-corrected chi connectivity index (χ1v) is 8.59. The minimum atomic E-state index is -0.503. The van der Waals surface area contributed by atoms with Gasteiger partial charge in [-0.15, -0.1) is 0 Å². The second-order valence-corrected chi connectivity index (χ2v) is 6.23. The molecule has 2 amide bonds. The number of hydrogen-bond acceptors (Lipinski definition) is 5. The topological polar surface area (TPSA) is 119 Å². The normalized spacial score (nSPS) is 10.3. The Morgan fingerprint density at radius 1 is 1.12 bits per heavy atom. The number of hydrogen-bond donors (Lipinski definition) is 4. The van der Waals surface area contributed by atoms with E-state index in [0.717, 1.165) is 18.5 Å². The van der Waals surface area contributed by atoms with Crippen molar-refractivity contribution in [2.24, 2.45) is 5.73 Å². The molecule has 6 N–H and O–H groups in total. The highest BCUT2D eigenvalue weighted by Crippen LogP contribution is 2.19. The Labute approximate surface area is 150 Å². The Morgan fingerprint density at radius 3 is 2.24 bits per heavy atom. The molecule has 0 fully saturated rings. The van der Waals surface area contributed by atoms with E-state index in [9.17, 15) is 9.59 Å². The lowest BCUT2D eigenvalue weighted by Crippen LogP contribution is -2.33. The van der Waals surface area contributed by atoms with Crippen LogP contribution in [0.2, 0.25) is 0 Å². The van der Waals surface area contributed by atoms with Crippen molar-refractivity contribution in [2.75, 3.05) is 24.1 Å². The van der Waals surface area contributed by atoms with E-state index in [4.69, 9.17) is 16.2 Å². The van der Waals surface area contributed by atoms with Gasteiger partial charge in [-0.05, 0) is 51.8 Å². The summed E-state index contributed by atoms with van der Waals surface area (Å²) in [6, 6.07) is 4.91. The van der Waals surface area contributed by atoms with E-state index in [-0.39, 0.29) is 0 Å². The summed E-state index contributed by atoms with van der Waals surface area (Å²) in [5.74, 6) is -0.503. The number of ether oxygens (including phenoxy) is 1. The molecule has 0 unspecified atom stereocenters. The number of carbonyl (C=O) groups excluding carboxylic acids is 2. The number of rotatable bonds is 7. The maximum atomic E-state index is 11.4. The number of primary amides is 1. The maximum Gasteiger partial charge on any atom is 0.407 e. The Kier molecular flexibility index (Phi) is 10.1. The van der Waals surface area contributed by atoms with Crippen LogP contribution in [0.25, 0.3) is 0 Å². The lowest BCUT2D eigenvalue weighted by atomic mass is 10.1. The number of unbranched alkanes of at least 4 members (excludes halogenated alkanes) is 1. The molecule has 7 heteroatoms. The molecular formula is C18H32N4O3. The summed E-state index contributed by atoms with van der Waals surface area (Å²) in [6.45, 7) is 10.7. The van der Waals surface area contributed by atoms with Gasteiger partial charge >= 0.3 is 6.09 Å². The van der Waals surface area contributed by atoms with Gasteiger partial charge < -0.3 is 26.8 Å². The molecule has 7 nitrogen and oxygen atoms in total. The second kappa shape index (κ2) is 11.2. The van der Waals surface area contributed by atoms with Gasteiger partial charge in [0.25, 0.3) is 0 Å². The molecule has 0 aliphatic heterocycles. The molecule has 0 aliphatic carbocycles. The highest BCUT2D eigenvalue weighted by molar-refractivity contribution is 5.94. The van der Waals surface area contributed by atoms with Gasteiger partial charge in [-0.25, -0.2) is 4.79 Å². The Morgan fingerprint density at radius 2 is 1.72 bits per heavy atom. The summed E-state index contributed by atoms with van der Waals surface area (Å²) < 4.78 is 5.14. The lowest BCUT2D eigenvalue weighted by Gasteiger charge is -2.19. The van der Waals surface area contributed by atoms with Crippen molar-refractivity contribution in [3.63, 3.8) is 0 Å². The van der Waals surface area contributed by atoms with Gasteiger partial charge in [0.2, 0.25) is 5.91 Å². The van der Waals surface area contributed by atoms with Crippen LogP contribution in [0.15, 0.2) is 18.2 Å². The second-order valence-electron chi connectivity index (χ2n) is 6.23. The zero-order valence-electron chi connectivity index (χ0n) is 15.9. The monoisotopic (exact) mass is 352 g/mol. The predicted molar refractivity (Wildman–Crippen MR) is 103 cm³/mol. The fraction of sp³-hybridized carbons (Fsp3) is 0.556. The summed E-state index contributed by atoms with van der Waals surface area (Å²) in [7, 11) is 0. The molecule has 0 aliphatic rings. The Balaban J connectivity index is 0.00000277. The number of nitrogen functional groups attached to an aromatic ring is 1. The highest BCUT2D eigenvalue weighted by Gasteiger charge is 2.15. The van der Waals surface area contributed by atoms with Gasteiger partial charge in [0.15, 0.2) is 0 Å². The largest absolute Gasteiger partial charge is 0.444 e. The van der Waals surface area contributed by atoms with Crippen molar-refractivity contribution in [2.45, 2.75) is 53.1 Å². The van der Waals surface area contributed by atoms with Crippen LogP contribution < -0.4 is 22.1 Å². The number of benzene rings is 1. The van der Waals surface area contributed by atoms with Crippen molar-refractivity contribution in [3.8, 4) is 0 Å². The minimum absolute atomic E-state index is 0.384. The number of anilines is 2. The number of amides is 2. The van der Waals surface area contributed by atoms with Crippen LogP contribution in [0.3, 0.4) is 0 Å². The molecule has 0 aromatic heterocycles. The van der Waals surface area contributed by atoms with Crippen molar-refractivity contribution < 1.29 is 14.3 Å². The van der Waals surface area contributed by atoms with E-state index >= 15 is 0 Å². The van der Waals surface area contributed by atoms with Crippen molar-refractivity contribution in [1.29, 1.82) is 0 Å². The van der Waals surface area contributed by atoms with Crippen molar-refractivity contribution >= 4 is 23.4 Å². The summed E-state index contributed by atoms with van der Waals surface area (Å²) in [4.78, 5) is 22.5. The van der Waals surface area contributed by atoms with Crippen LogP contribution in [0.1, 0.15) is 57.8 Å². The lowest BCUT2D eigenvalue weighted by molar-refractivity contribution is 0.0527. The van der Waals surface area contributed by atoms with E-state index in [1.807, 2.05) is 34.6 Å². The van der Waals surface area contributed by atoms with Gasteiger partial charge in [-0.2, -0.15) is 0 Å². The standard InChI is InChI=1S/C16H26N4O3.C2H6/c1-16(2,3)23-15(22)20-9-5-4-8-19-13-7-6-11(14(18)21)10-12(13)17;1-2/h6-7,10,19H,4-5,8-9,17H2,1-3H3,(H2,18,21)(H,20,22);1-2H3. The van der Waals surface area contributed by atoms with Gasteiger partial charge in [0.05, 0.1) is 11.4 Å². The van der Waals surface area contributed by atoms with Crippen molar-refractivity contribution in [3.05, 3.63) is 23.8 Å². The first-order chi connectivity index (χ1) is 11.7. The first kappa shape index (κ1) is 22.6. The third-order valence-electron chi connectivity index (χ3n) is 2.92. The van der Waals surface area contributed by atoms with Crippen LogP contribution >= 0.6 is 0 Å². The molecule has 142 valence electrons. The molecule has 1 aromatic rings. The van der Waals surface area contributed by atoms with E-state index in [0.29, 0.717) is 24.3 Å². The summed E-state index contributed by atoms with van der Waals surface area (Å²) in [5.41, 5.74) is 12.2.